The van der Waals surface area contributed by atoms with E-state index in [0.29, 0.717) is 29.2 Å². The first kappa shape index (κ1) is 45.1. The van der Waals surface area contributed by atoms with Crippen LogP contribution < -0.4 is 0 Å². The van der Waals surface area contributed by atoms with Crippen molar-refractivity contribution in [3.05, 3.63) is 237 Å². The van der Waals surface area contributed by atoms with Gasteiger partial charge in [0.25, 0.3) is 0 Å². The Kier molecular flexibility index (Phi) is 9.09. The molecule has 0 radical (unpaired) electrons. The Balaban J connectivity index is 0.880. The standard InChI is InChI=1S/C73H39N7O4/c1-7-19-56-44(13-1)49-29-30-58-68(69(49)80(56)67-39-55(40-25-31-63-51(35-40)45-14-3-9-21-59(45)81-63)74-70(75-67)41-26-32-64-52(36-41)46-15-4-10-22-60(46)82-64)50-18-2-8-20-57(50)79(58)73-77-71(42-27-33-65-53(37-42)47-16-5-11-23-61(47)83-65)76-72(78-73)43-28-34-66-54(38-43)48-17-6-12-24-62(48)84-66/h1-39H. The van der Waals surface area contributed by atoms with Crippen LogP contribution in [0.3, 0.4) is 0 Å². The van der Waals surface area contributed by atoms with Crippen molar-refractivity contribution in [1.82, 2.24) is 34.1 Å². The van der Waals surface area contributed by atoms with Crippen LogP contribution in [0, 0.1) is 0 Å². The molecule has 19 rings (SSSR count). The van der Waals surface area contributed by atoms with Gasteiger partial charge < -0.3 is 17.7 Å². The summed E-state index contributed by atoms with van der Waals surface area (Å²) in [5, 5.41) is 12.3. The maximum atomic E-state index is 6.34. The topological polar surface area (TPSA) is 127 Å². The van der Waals surface area contributed by atoms with Gasteiger partial charge in [-0.25, -0.2) is 15.0 Å². The lowest BCUT2D eigenvalue weighted by atomic mass is 10.1. The van der Waals surface area contributed by atoms with E-state index in [1.165, 1.54) is 0 Å². The molecule has 0 N–H and O–H groups in total. The molecule has 0 atom stereocenters. The largest absolute Gasteiger partial charge is 0.456 e. The van der Waals surface area contributed by atoms with Crippen LogP contribution >= 0.6 is 0 Å². The van der Waals surface area contributed by atoms with Gasteiger partial charge >= 0.3 is 0 Å². The summed E-state index contributed by atoms with van der Waals surface area (Å²) in [6.07, 6.45) is 0. The molecular weight excluding hydrogens is 1040 g/mol. The average molecular weight is 1080 g/mol. The molecule has 8 heterocycles. The molecule has 0 amide bonds. The van der Waals surface area contributed by atoms with Crippen LogP contribution in [0.4, 0.5) is 0 Å². The van der Waals surface area contributed by atoms with E-state index < -0.39 is 0 Å². The van der Waals surface area contributed by atoms with Gasteiger partial charge in [0.1, 0.15) is 50.5 Å². The Morgan fingerprint density at radius 1 is 0.250 bits per heavy atom. The van der Waals surface area contributed by atoms with E-state index in [4.69, 9.17) is 42.6 Å². The summed E-state index contributed by atoms with van der Waals surface area (Å²) in [5.41, 5.74) is 14.5. The quantitative estimate of drug-likeness (QED) is 0.160. The third kappa shape index (κ3) is 6.54. The molecule has 0 spiro atoms. The number of furan rings is 4. The second-order valence-corrected chi connectivity index (χ2v) is 21.5. The molecule has 0 fully saturated rings. The summed E-state index contributed by atoms with van der Waals surface area (Å²) in [6.45, 7) is 0. The van der Waals surface area contributed by atoms with Gasteiger partial charge in [-0.1, -0.05) is 115 Å². The maximum absolute atomic E-state index is 6.34. The molecule has 8 aromatic heterocycles. The zero-order valence-electron chi connectivity index (χ0n) is 44.3. The lowest BCUT2D eigenvalue weighted by Crippen LogP contribution is -2.06. The van der Waals surface area contributed by atoms with Crippen molar-refractivity contribution < 1.29 is 17.7 Å². The molecule has 11 heteroatoms. The molecule has 19 aromatic rings. The minimum atomic E-state index is 0.466. The van der Waals surface area contributed by atoms with Crippen LogP contribution in [0.15, 0.2) is 254 Å². The summed E-state index contributed by atoms with van der Waals surface area (Å²) >= 11 is 0. The molecular formula is C73H39N7O4. The molecule has 11 aromatic carbocycles. The third-order valence-corrected chi connectivity index (χ3v) is 16.8. The first-order valence-corrected chi connectivity index (χ1v) is 27.9. The Hall–Kier alpha value is -11.7. The average Bonchev–Trinajstić information content (AvgIpc) is 2.74. The van der Waals surface area contributed by atoms with Crippen LogP contribution in [-0.4, -0.2) is 34.1 Å². The van der Waals surface area contributed by atoms with E-state index >= 15 is 0 Å². The second kappa shape index (κ2) is 16.9. The molecule has 390 valence electrons. The lowest BCUT2D eigenvalue weighted by Gasteiger charge is -2.13. The van der Waals surface area contributed by atoms with Gasteiger partial charge in [-0.2, -0.15) is 9.97 Å². The van der Waals surface area contributed by atoms with Gasteiger partial charge in [0.15, 0.2) is 17.5 Å². The van der Waals surface area contributed by atoms with Gasteiger partial charge in [-0.05, 0) is 115 Å². The first-order chi connectivity index (χ1) is 41.6. The fraction of sp³-hybridized carbons (Fsp3) is 0. The summed E-state index contributed by atoms with van der Waals surface area (Å²) < 4.78 is 29.8. The number of para-hydroxylation sites is 6. The van der Waals surface area contributed by atoms with Crippen molar-refractivity contribution in [3.63, 3.8) is 0 Å². The van der Waals surface area contributed by atoms with Gasteiger partial charge in [-0.3, -0.25) is 9.13 Å². The highest BCUT2D eigenvalue weighted by Crippen LogP contribution is 2.44. The number of benzene rings is 11. The molecule has 0 unspecified atom stereocenters. The highest BCUT2D eigenvalue weighted by Gasteiger charge is 2.26. The molecule has 0 aliphatic heterocycles. The van der Waals surface area contributed by atoms with Crippen molar-refractivity contribution in [2.45, 2.75) is 0 Å². The number of fused-ring (bicyclic) bond motifs is 19. The summed E-state index contributed by atoms with van der Waals surface area (Å²) in [7, 11) is 0. The number of aromatic nitrogens is 7. The van der Waals surface area contributed by atoms with Gasteiger partial charge in [0, 0.05) is 93.0 Å². The number of hydrogen-bond acceptors (Lipinski definition) is 9. The van der Waals surface area contributed by atoms with Crippen LogP contribution in [-0.2, 0) is 0 Å². The Bertz CT molecular complexity index is 5770. The van der Waals surface area contributed by atoms with E-state index in [0.717, 1.165) is 159 Å². The molecule has 84 heavy (non-hydrogen) atoms. The monoisotopic (exact) mass is 1080 g/mol. The predicted molar refractivity (Wildman–Crippen MR) is 335 cm³/mol. The Morgan fingerprint density at radius 2 is 0.643 bits per heavy atom. The SMILES string of the molecule is c1ccc2c(c1)oc1ccc(-c3cc(-n4c5ccccc5c5ccc6c(c7ccccc7n6-c6nc(-c7ccc8oc9ccccc9c8c7)nc(-c7ccc8oc9ccccc9c8c7)n6)c54)nc(-c4ccc5oc6ccccc6c5c4)n3)cc12. The van der Waals surface area contributed by atoms with Crippen molar-refractivity contribution in [3.8, 4) is 57.2 Å². The molecule has 0 bridgehead atoms. The van der Waals surface area contributed by atoms with Crippen molar-refractivity contribution in [2.75, 3.05) is 0 Å². The molecule has 11 nitrogen and oxygen atoms in total. The van der Waals surface area contributed by atoms with E-state index in [1.807, 2.05) is 109 Å². The fourth-order valence-corrected chi connectivity index (χ4v) is 13.0. The molecule has 0 aliphatic carbocycles. The molecule has 0 saturated carbocycles. The predicted octanol–water partition coefficient (Wildman–Crippen LogP) is 19.1. The zero-order valence-corrected chi connectivity index (χ0v) is 44.3. The van der Waals surface area contributed by atoms with Crippen LogP contribution in [0.1, 0.15) is 0 Å². The molecule has 0 saturated heterocycles. The van der Waals surface area contributed by atoms with Crippen LogP contribution in [0.5, 0.6) is 0 Å². The van der Waals surface area contributed by atoms with E-state index in [-0.39, 0.29) is 0 Å². The van der Waals surface area contributed by atoms with Crippen LogP contribution in [0.25, 0.3) is 189 Å². The minimum absolute atomic E-state index is 0.466. The first-order valence-electron chi connectivity index (χ1n) is 27.9. The normalized spacial score (nSPS) is 12.3. The zero-order chi connectivity index (χ0) is 54.7. The smallest absolute Gasteiger partial charge is 0.238 e. The van der Waals surface area contributed by atoms with E-state index in [2.05, 4.69) is 137 Å². The van der Waals surface area contributed by atoms with Gasteiger partial charge in [-0.15, -0.1) is 0 Å². The van der Waals surface area contributed by atoms with E-state index in [9.17, 15) is 0 Å². The number of nitrogens with zero attached hydrogens (tertiary/aromatic N) is 7. The Morgan fingerprint density at radius 3 is 1.14 bits per heavy atom. The Labute approximate surface area is 474 Å². The van der Waals surface area contributed by atoms with Crippen molar-refractivity contribution in [1.29, 1.82) is 0 Å². The van der Waals surface area contributed by atoms with Crippen molar-refractivity contribution >= 4 is 131 Å². The summed E-state index contributed by atoms with van der Waals surface area (Å²) in [5.74, 6) is 2.78. The summed E-state index contributed by atoms with van der Waals surface area (Å²) in [6, 6.07) is 81.1. The second-order valence-electron chi connectivity index (χ2n) is 21.5. The fourth-order valence-electron chi connectivity index (χ4n) is 13.0. The van der Waals surface area contributed by atoms with Crippen LogP contribution in [0.2, 0.25) is 0 Å². The lowest BCUT2D eigenvalue weighted by molar-refractivity contribution is 0.668. The van der Waals surface area contributed by atoms with E-state index in [1.54, 1.807) is 0 Å². The minimum Gasteiger partial charge on any atom is -0.456 e. The highest BCUT2D eigenvalue weighted by atomic mass is 16.3. The van der Waals surface area contributed by atoms with Gasteiger partial charge in [0.05, 0.1) is 27.8 Å². The highest BCUT2D eigenvalue weighted by molar-refractivity contribution is 6.26. The van der Waals surface area contributed by atoms with Gasteiger partial charge in [0.2, 0.25) is 5.95 Å². The molecule has 0 aliphatic rings. The summed E-state index contributed by atoms with van der Waals surface area (Å²) in [4.78, 5) is 27.3. The number of hydrogen-bond donors (Lipinski definition) is 0. The third-order valence-electron chi connectivity index (χ3n) is 16.8. The maximum Gasteiger partial charge on any atom is 0.238 e. The number of rotatable bonds is 6. The van der Waals surface area contributed by atoms with Crippen molar-refractivity contribution in [2.24, 2.45) is 0 Å².